The summed E-state index contributed by atoms with van der Waals surface area (Å²) >= 11 is 0. The van der Waals surface area contributed by atoms with Gasteiger partial charge >= 0.3 is 0 Å². The van der Waals surface area contributed by atoms with E-state index in [-0.39, 0.29) is 12.4 Å². The fraction of sp³-hybridized carbons (Fsp3) is 0.625. The summed E-state index contributed by atoms with van der Waals surface area (Å²) in [6.07, 6.45) is 3.67. The second-order valence-corrected chi connectivity index (χ2v) is 2.14. The molecular weight excluding hydrogens is 144 g/mol. The van der Waals surface area contributed by atoms with Crippen LogP contribution in [0.4, 0.5) is 0 Å². The lowest BCUT2D eigenvalue weighted by Gasteiger charge is -1.94. The fourth-order valence-corrected chi connectivity index (χ4v) is 0.503. The molecule has 0 rings (SSSR count). The van der Waals surface area contributed by atoms with E-state index < -0.39 is 0 Å². The van der Waals surface area contributed by atoms with Crippen molar-refractivity contribution in [3.05, 3.63) is 12.2 Å². The number of hydrogen-bond acceptors (Lipinski definition) is 3. The minimum atomic E-state index is 0.0464. The summed E-state index contributed by atoms with van der Waals surface area (Å²) in [5.41, 5.74) is 0. The van der Waals surface area contributed by atoms with Gasteiger partial charge in [0.25, 0.3) is 0 Å². The van der Waals surface area contributed by atoms with E-state index in [1.807, 2.05) is 12.2 Å². The third-order valence-electron chi connectivity index (χ3n) is 0.949. The van der Waals surface area contributed by atoms with Crippen LogP contribution in [0, 0.1) is 0 Å². The summed E-state index contributed by atoms with van der Waals surface area (Å²) in [4.78, 5) is 10.4. The van der Waals surface area contributed by atoms with E-state index in [2.05, 4.69) is 0 Å². The van der Waals surface area contributed by atoms with Gasteiger partial charge in [-0.3, -0.25) is 4.79 Å². The molecule has 0 atom stereocenters. The lowest BCUT2D eigenvalue weighted by Crippen LogP contribution is -2.03. The van der Waals surface area contributed by atoms with Gasteiger partial charge in [0, 0.05) is 7.11 Å². The van der Waals surface area contributed by atoms with Crippen molar-refractivity contribution < 1.29 is 14.3 Å². The van der Waals surface area contributed by atoms with Crippen LogP contribution in [-0.4, -0.2) is 32.7 Å². The molecule has 11 heavy (non-hydrogen) atoms. The maximum atomic E-state index is 10.4. The zero-order chi connectivity index (χ0) is 8.53. The van der Waals surface area contributed by atoms with Crippen LogP contribution >= 0.6 is 0 Å². The summed E-state index contributed by atoms with van der Waals surface area (Å²) in [5.74, 6) is 0.0464. The Morgan fingerprint density at radius 3 is 2.55 bits per heavy atom. The van der Waals surface area contributed by atoms with Crippen molar-refractivity contribution in [1.82, 2.24) is 0 Å². The highest BCUT2D eigenvalue weighted by Crippen LogP contribution is 1.79. The maximum Gasteiger partial charge on any atom is 0.155 e. The van der Waals surface area contributed by atoms with Crippen LogP contribution < -0.4 is 0 Å². The van der Waals surface area contributed by atoms with Gasteiger partial charge in [-0.2, -0.15) is 0 Å². The van der Waals surface area contributed by atoms with Crippen LogP contribution in [0.3, 0.4) is 0 Å². The molecule has 0 aliphatic carbocycles. The lowest BCUT2D eigenvalue weighted by atomic mass is 10.5. The van der Waals surface area contributed by atoms with Crippen molar-refractivity contribution in [2.75, 3.05) is 26.9 Å². The third-order valence-corrected chi connectivity index (χ3v) is 0.949. The SMILES string of the molecule is COC/C=C\COCC(C)=O. The number of rotatable bonds is 6. The van der Waals surface area contributed by atoms with Crippen LogP contribution in [-0.2, 0) is 14.3 Å². The predicted octanol–water partition coefficient (Wildman–Crippen LogP) is 0.795. The first-order valence-electron chi connectivity index (χ1n) is 3.48. The van der Waals surface area contributed by atoms with Crippen molar-refractivity contribution in [1.29, 1.82) is 0 Å². The number of ketones is 1. The van der Waals surface area contributed by atoms with Gasteiger partial charge in [-0.25, -0.2) is 0 Å². The van der Waals surface area contributed by atoms with Crippen LogP contribution in [0.25, 0.3) is 0 Å². The second-order valence-electron chi connectivity index (χ2n) is 2.14. The van der Waals surface area contributed by atoms with Crippen molar-refractivity contribution in [2.24, 2.45) is 0 Å². The zero-order valence-electron chi connectivity index (χ0n) is 7.00. The average molecular weight is 158 g/mol. The Balaban J connectivity index is 3.07. The van der Waals surface area contributed by atoms with Gasteiger partial charge in [-0.05, 0) is 6.92 Å². The molecule has 0 aliphatic heterocycles. The number of carbonyl (C=O) groups excluding carboxylic acids is 1. The minimum Gasteiger partial charge on any atom is -0.381 e. The van der Waals surface area contributed by atoms with E-state index in [1.54, 1.807) is 7.11 Å². The first-order chi connectivity index (χ1) is 5.27. The number of methoxy groups -OCH3 is 1. The zero-order valence-corrected chi connectivity index (χ0v) is 7.00. The van der Waals surface area contributed by atoms with Gasteiger partial charge in [-0.1, -0.05) is 12.2 Å². The Bertz CT molecular complexity index is 129. The Hall–Kier alpha value is -0.670. The summed E-state index contributed by atoms with van der Waals surface area (Å²) in [6, 6.07) is 0. The maximum absolute atomic E-state index is 10.4. The van der Waals surface area contributed by atoms with E-state index in [0.717, 1.165) is 0 Å². The van der Waals surface area contributed by atoms with E-state index in [0.29, 0.717) is 13.2 Å². The monoisotopic (exact) mass is 158 g/mol. The number of ether oxygens (including phenoxy) is 2. The number of hydrogen-bond donors (Lipinski definition) is 0. The summed E-state index contributed by atoms with van der Waals surface area (Å²) in [7, 11) is 1.63. The molecule has 0 saturated heterocycles. The number of Topliss-reactive ketones (excluding diaryl/α,β-unsaturated/α-hetero) is 1. The summed E-state index contributed by atoms with van der Waals surface area (Å²) in [5, 5.41) is 0. The molecule has 0 fully saturated rings. The van der Waals surface area contributed by atoms with Crippen LogP contribution in [0.1, 0.15) is 6.92 Å². The highest BCUT2D eigenvalue weighted by Gasteiger charge is 1.88. The first-order valence-corrected chi connectivity index (χ1v) is 3.48. The largest absolute Gasteiger partial charge is 0.381 e. The van der Waals surface area contributed by atoms with Crippen molar-refractivity contribution in [3.63, 3.8) is 0 Å². The first kappa shape index (κ1) is 10.3. The molecule has 0 heterocycles. The molecule has 0 radical (unpaired) electrons. The van der Waals surface area contributed by atoms with Gasteiger partial charge in [0.05, 0.1) is 13.2 Å². The molecule has 0 saturated carbocycles. The molecule has 0 aromatic heterocycles. The minimum absolute atomic E-state index is 0.0464. The fourth-order valence-electron chi connectivity index (χ4n) is 0.503. The molecule has 0 aromatic carbocycles. The predicted molar refractivity (Wildman–Crippen MR) is 42.5 cm³/mol. The molecular formula is C8H14O3. The van der Waals surface area contributed by atoms with Gasteiger partial charge in [0.1, 0.15) is 6.61 Å². The van der Waals surface area contributed by atoms with Gasteiger partial charge in [-0.15, -0.1) is 0 Å². The summed E-state index contributed by atoms with van der Waals surface area (Å²) < 4.78 is 9.71. The molecule has 0 spiro atoms. The molecule has 0 bridgehead atoms. The molecule has 0 amide bonds. The van der Waals surface area contributed by atoms with Crippen LogP contribution in [0.15, 0.2) is 12.2 Å². The molecule has 3 heteroatoms. The Kier molecular flexibility index (Phi) is 6.98. The van der Waals surface area contributed by atoms with Crippen LogP contribution in [0.5, 0.6) is 0 Å². The topological polar surface area (TPSA) is 35.5 Å². The smallest absolute Gasteiger partial charge is 0.155 e. The van der Waals surface area contributed by atoms with E-state index >= 15 is 0 Å². The normalized spacial score (nSPS) is 10.7. The lowest BCUT2D eigenvalue weighted by molar-refractivity contribution is -0.121. The molecule has 0 unspecified atom stereocenters. The van der Waals surface area contributed by atoms with Crippen molar-refractivity contribution >= 4 is 5.78 Å². The Labute approximate surface area is 67.0 Å². The van der Waals surface area contributed by atoms with Gasteiger partial charge in [0.15, 0.2) is 5.78 Å². The molecule has 64 valence electrons. The second kappa shape index (κ2) is 7.44. The quantitative estimate of drug-likeness (QED) is 0.423. The van der Waals surface area contributed by atoms with E-state index in [1.165, 1.54) is 6.92 Å². The number of carbonyl (C=O) groups is 1. The third kappa shape index (κ3) is 9.33. The highest BCUT2D eigenvalue weighted by atomic mass is 16.5. The van der Waals surface area contributed by atoms with Crippen molar-refractivity contribution in [2.45, 2.75) is 6.92 Å². The molecule has 0 aromatic rings. The standard InChI is InChI=1S/C8H14O3/c1-8(9)7-11-6-4-3-5-10-2/h3-4H,5-7H2,1-2H3/b4-3-. The molecule has 0 N–H and O–H groups in total. The van der Waals surface area contributed by atoms with Gasteiger partial charge < -0.3 is 9.47 Å². The van der Waals surface area contributed by atoms with E-state index in [9.17, 15) is 4.79 Å². The Morgan fingerprint density at radius 1 is 1.36 bits per heavy atom. The van der Waals surface area contributed by atoms with Crippen molar-refractivity contribution in [3.8, 4) is 0 Å². The molecule has 0 aliphatic rings. The molecule has 3 nitrogen and oxygen atoms in total. The average Bonchev–Trinajstić information content (AvgIpc) is 1.96. The van der Waals surface area contributed by atoms with Crippen LogP contribution in [0.2, 0.25) is 0 Å². The highest BCUT2D eigenvalue weighted by molar-refractivity contribution is 5.76. The Morgan fingerprint density at radius 2 is 2.00 bits per heavy atom. The summed E-state index contributed by atoms with van der Waals surface area (Å²) in [6.45, 7) is 2.75. The van der Waals surface area contributed by atoms with E-state index in [4.69, 9.17) is 9.47 Å². The van der Waals surface area contributed by atoms with Gasteiger partial charge in [0.2, 0.25) is 0 Å².